The topological polar surface area (TPSA) is 18.5 Å². The van der Waals surface area contributed by atoms with Gasteiger partial charge in [0.1, 0.15) is 0 Å². The molecule has 4 heteroatoms. The molecule has 1 aliphatic heterocycles. The lowest BCUT2D eigenvalue weighted by atomic mass is 9.67. The Labute approximate surface area is 180 Å². The van der Waals surface area contributed by atoms with Gasteiger partial charge >= 0.3 is 0 Å². The van der Waals surface area contributed by atoms with Crippen LogP contribution in [0.15, 0.2) is 24.0 Å². The average molecular weight is 419 g/mol. The van der Waals surface area contributed by atoms with E-state index in [1.165, 1.54) is 37.7 Å². The Bertz CT molecular complexity index is 744. The van der Waals surface area contributed by atoms with Crippen LogP contribution in [0.2, 0.25) is 0 Å². The van der Waals surface area contributed by atoms with E-state index in [-0.39, 0.29) is 11.7 Å². The van der Waals surface area contributed by atoms with E-state index in [1.54, 1.807) is 19.1 Å². The van der Waals surface area contributed by atoms with E-state index in [2.05, 4.69) is 13.2 Å². The summed E-state index contributed by atoms with van der Waals surface area (Å²) in [6, 6.07) is 3.33. The van der Waals surface area contributed by atoms with Gasteiger partial charge in [-0.1, -0.05) is 6.07 Å². The van der Waals surface area contributed by atoms with Crippen LogP contribution in [0.4, 0.5) is 8.78 Å². The molecule has 0 spiro atoms. The fraction of sp³-hybridized carbons (Fsp3) is 0.692. The number of halogens is 2. The van der Waals surface area contributed by atoms with Crippen molar-refractivity contribution in [1.29, 1.82) is 0 Å². The maximum absolute atomic E-state index is 14.6. The van der Waals surface area contributed by atoms with Gasteiger partial charge in [0, 0.05) is 0 Å². The first-order valence-corrected chi connectivity index (χ1v) is 12.0. The minimum atomic E-state index is -0.829. The molecule has 0 radical (unpaired) electrons. The molecule has 2 saturated carbocycles. The van der Waals surface area contributed by atoms with Gasteiger partial charge in [-0.2, -0.15) is 4.39 Å². The molecule has 0 aromatic heterocycles. The summed E-state index contributed by atoms with van der Waals surface area (Å²) in [7, 11) is 0. The SMILES string of the molecule is CCOc1ccc(C2CCC(C3CCC(C4=COC(C)CC4)CC3)CC2)c(F)c1F. The minimum absolute atomic E-state index is 0.0251. The van der Waals surface area contributed by atoms with Crippen LogP contribution in [-0.4, -0.2) is 12.7 Å². The van der Waals surface area contributed by atoms with Crippen LogP contribution >= 0.6 is 0 Å². The molecule has 0 amide bonds. The summed E-state index contributed by atoms with van der Waals surface area (Å²) in [6.45, 7) is 4.26. The van der Waals surface area contributed by atoms with E-state index in [1.807, 2.05) is 0 Å². The molecule has 30 heavy (non-hydrogen) atoms. The molecule has 2 nitrogen and oxygen atoms in total. The first kappa shape index (κ1) is 21.6. The van der Waals surface area contributed by atoms with Crippen LogP contribution in [0.1, 0.15) is 89.5 Å². The number of allylic oxidation sites excluding steroid dienone is 1. The fourth-order valence-electron chi connectivity index (χ4n) is 5.99. The van der Waals surface area contributed by atoms with E-state index in [4.69, 9.17) is 9.47 Å². The molecule has 3 aliphatic rings. The predicted octanol–water partition coefficient (Wildman–Crippen LogP) is 7.53. The summed E-state index contributed by atoms with van der Waals surface area (Å²) < 4.78 is 39.8. The van der Waals surface area contributed by atoms with E-state index < -0.39 is 11.6 Å². The molecule has 1 unspecified atom stereocenters. The summed E-state index contributed by atoms with van der Waals surface area (Å²) in [5, 5.41) is 0. The van der Waals surface area contributed by atoms with Crippen molar-refractivity contribution in [2.75, 3.05) is 6.61 Å². The van der Waals surface area contributed by atoms with Gasteiger partial charge in [-0.3, -0.25) is 0 Å². The summed E-state index contributed by atoms with van der Waals surface area (Å²) >= 11 is 0. The molecule has 0 bridgehead atoms. The molecule has 0 saturated heterocycles. The monoisotopic (exact) mass is 418 g/mol. The van der Waals surface area contributed by atoms with Crippen LogP contribution in [0.5, 0.6) is 5.75 Å². The van der Waals surface area contributed by atoms with Crippen molar-refractivity contribution < 1.29 is 18.3 Å². The molecule has 4 rings (SSSR count). The molecule has 1 aromatic rings. The first-order valence-electron chi connectivity index (χ1n) is 12.0. The molecule has 1 aromatic carbocycles. The van der Waals surface area contributed by atoms with Gasteiger partial charge in [-0.15, -0.1) is 0 Å². The first-order chi connectivity index (χ1) is 14.6. The second-order valence-electron chi connectivity index (χ2n) is 9.62. The maximum Gasteiger partial charge on any atom is 0.200 e. The molecular formula is C26H36F2O2. The largest absolute Gasteiger partial charge is 0.498 e. The second-order valence-corrected chi connectivity index (χ2v) is 9.62. The summed E-state index contributed by atoms with van der Waals surface area (Å²) in [5.74, 6) is 0.882. The van der Waals surface area contributed by atoms with Gasteiger partial charge < -0.3 is 9.47 Å². The third-order valence-electron chi connectivity index (χ3n) is 7.84. The lowest BCUT2D eigenvalue weighted by molar-refractivity contribution is 0.122. The maximum atomic E-state index is 14.6. The van der Waals surface area contributed by atoms with Gasteiger partial charge in [0.15, 0.2) is 11.6 Å². The third kappa shape index (κ3) is 4.68. The number of ether oxygens (including phenoxy) is 2. The molecule has 1 atom stereocenters. The highest BCUT2D eigenvalue weighted by molar-refractivity contribution is 5.33. The summed E-state index contributed by atoms with van der Waals surface area (Å²) in [5.41, 5.74) is 2.07. The van der Waals surface area contributed by atoms with Crippen molar-refractivity contribution in [2.24, 2.45) is 17.8 Å². The zero-order valence-electron chi connectivity index (χ0n) is 18.5. The molecule has 2 fully saturated rings. The van der Waals surface area contributed by atoms with Crippen LogP contribution in [0.25, 0.3) is 0 Å². The number of hydrogen-bond donors (Lipinski definition) is 0. The lowest BCUT2D eigenvalue weighted by Crippen LogP contribution is -2.27. The fourth-order valence-corrected chi connectivity index (χ4v) is 5.99. The van der Waals surface area contributed by atoms with E-state index >= 15 is 0 Å². The normalized spacial score (nSPS) is 32.3. The second kappa shape index (κ2) is 9.70. The Morgan fingerprint density at radius 3 is 2.07 bits per heavy atom. The van der Waals surface area contributed by atoms with Crippen molar-refractivity contribution in [1.82, 2.24) is 0 Å². The zero-order valence-corrected chi connectivity index (χ0v) is 18.5. The third-order valence-corrected chi connectivity index (χ3v) is 7.84. The quantitative estimate of drug-likeness (QED) is 0.492. The Hall–Kier alpha value is -1.58. The smallest absolute Gasteiger partial charge is 0.200 e. The molecule has 1 heterocycles. The molecular weight excluding hydrogens is 382 g/mol. The number of hydrogen-bond acceptors (Lipinski definition) is 2. The Kier molecular flexibility index (Phi) is 7.00. The average Bonchev–Trinajstić information content (AvgIpc) is 2.78. The van der Waals surface area contributed by atoms with Gasteiger partial charge in [0.25, 0.3) is 0 Å². The predicted molar refractivity (Wildman–Crippen MR) is 116 cm³/mol. The zero-order chi connectivity index (χ0) is 21.1. The van der Waals surface area contributed by atoms with Gasteiger partial charge in [-0.05, 0) is 119 Å². The molecule has 2 aliphatic carbocycles. The minimum Gasteiger partial charge on any atom is -0.498 e. The van der Waals surface area contributed by atoms with Crippen LogP contribution in [0.3, 0.4) is 0 Å². The van der Waals surface area contributed by atoms with Crippen molar-refractivity contribution in [3.8, 4) is 5.75 Å². The Morgan fingerprint density at radius 2 is 1.50 bits per heavy atom. The number of benzene rings is 1. The highest BCUT2D eigenvalue weighted by Gasteiger charge is 2.33. The van der Waals surface area contributed by atoms with E-state index in [0.29, 0.717) is 24.2 Å². The van der Waals surface area contributed by atoms with Gasteiger partial charge in [-0.25, -0.2) is 4.39 Å². The summed E-state index contributed by atoms with van der Waals surface area (Å²) in [4.78, 5) is 0. The molecule has 166 valence electrons. The van der Waals surface area contributed by atoms with Gasteiger partial charge in [0.05, 0.1) is 19.0 Å². The highest BCUT2D eigenvalue weighted by atomic mass is 19.2. The van der Waals surface area contributed by atoms with E-state index in [0.717, 1.165) is 43.9 Å². The van der Waals surface area contributed by atoms with E-state index in [9.17, 15) is 8.78 Å². The number of rotatable bonds is 5. The van der Waals surface area contributed by atoms with Gasteiger partial charge in [0.2, 0.25) is 5.82 Å². The Morgan fingerprint density at radius 1 is 0.867 bits per heavy atom. The van der Waals surface area contributed by atoms with Crippen LogP contribution in [0, 0.1) is 29.4 Å². The van der Waals surface area contributed by atoms with Crippen LogP contribution in [-0.2, 0) is 4.74 Å². The lowest BCUT2D eigenvalue weighted by Gasteiger charge is -2.39. The van der Waals surface area contributed by atoms with Crippen LogP contribution < -0.4 is 4.74 Å². The van der Waals surface area contributed by atoms with Crippen molar-refractivity contribution in [3.05, 3.63) is 41.2 Å². The highest BCUT2D eigenvalue weighted by Crippen LogP contribution is 2.46. The van der Waals surface area contributed by atoms with Crippen molar-refractivity contribution in [3.63, 3.8) is 0 Å². The standard InChI is InChI=1S/C26H36F2O2/c1-3-29-24-15-14-23(25(27)26(24)28)21-12-10-19(11-13-21)18-6-8-20(9-7-18)22-5-4-17(2)30-16-22/h14-21H,3-13H2,1-2H3. The van der Waals surface area contributed by atoms with Crippen molar-refractivity contribution in [2.45, 2.75) is 90.1 Å². The molecule has 0 N–H and O–H groups in total. The Balaban J connectivity index is 1.29. The van der Waals surface area contributed by atoms with Crippen molar-refractivity contribution >= 4 is 0 Å². The summed E-state index contributed by atoms with van der Waals surface area (Å²) in [6.07, 6.45) is 14.2.